The topological polar surface area (TPSA) is 41.6 Å². The zero-order valence-corrected chi connectivity index (χ0v) is 9.54. The summed E-state index contributed by atoms with van der Waals surface area (Å²) in [6.07, 6.45) is 5.78. The van der Waals surface area contributed by atoms with Crippen molar-refractivity contribution in [2.75, 3.05) is 0 Å². The van der Waals surface area contributed by atoms with Crippen LogP contribution in [0.4, 0.5) is 0 Å². The van der Waals surface area contributed by atoms with Crippen molar-refractivity contribution in [1.29, 1.82) is 0 Å². The number of aromatic amines is 1. The third kappa shape index (κ3) is 1.87. The Bertz CT molecular complexity index is 424. The average molecular weight is 203 g/mol. The van der Waals surface area contributed by atoms with Crippen molar-refractivity contribution in [2.24, 2.45) is 0 Å². The first-order chi connectivity index (χ1) is 7.13. The molecule has 15 heavy (non-hydrogen) atoms. The predicted octanol–water partition coefficient (Wildman–Crippen LogP) is 3.04. The molecule has 0 radical (unpaired) electrons. The third-order valence-corrected chi connectivity index (χ3v) is 2.90. The molecule has 2 aromatic heterocycles. The van der Waals surface area contributed by atoms with Crippen LogP contribution >= 0.6 is 0 Å². The van der Waals surface area contributed by atoms with E-state index in [4.69, 9.17) is 0 Å². The Morgan fingerprint density at radius 2 is 2.20 bits per heavy atom. The summed E-state index contributed by atoms with van der Waals surface area (Å²) in [7, 11) is 0. The molecular weight excluding hydrogens is 186 g/mol. The average Bonchev–Trinajstić information content (AvgIpc) is 2.61. The molecule has 2 aromatic rings. The normalized spacial score (nSPS) is 12.2. The summed E-state index contributed by atoms with van der Waals surface area (Å²) in [6, 6.07) is 2.13. The van der Waals surface area contributed by atoms with E-state index in [9.17, 15) is 0 Å². The first kappa shape index (κ1) is 10.1. The second-order valence-electron chi connectivity index (χ2n) is 4.64. The van der Waals surface area contributed by atoms with Crippen LogP contribution in [-0.2, 0) is 5.41 Å². The van der Waals surface area contributed by atoms with Crippen molar-refractivity contribution in [3.63, 3.8) is 0 Å². The van der Waals surface area contributed by atoms with Crippen LogP contribution in [0.2, 0.25) is 0 Å². The first-order valence-corrected chi connectivity index (χ1v) is 5.42. The van der Waals surface area contributed by atoms with Crippen LogP contribution in [-0.4, -0.2) is 15.0 Å². The molecule has 2 rings (SSSR count). The zero-order valence-electron chi connectivity index (χ0n) is 9.54. The molecule has 0 fully saturated rings. The lowest BCUT2D eigenvalue weighted by molar-refractivity contribution is 0.463. The first-order valence-electron chi connectivity index (χ1n) is 5.42. The van der Waals surface area contributed by atoms with Crippen molar-refractivity contribution in [3.05, 3.63) is 24.3 Å². The minimum absolute atomic E-state index is 0.190. The molecule has 0 spiro atoms. The van der Waals surface area contributed by atoms with Crippen LogP contribution in [0.1, 0.15) is 39.3 Å². The summed E-state index contributed by atoms with van der Waals surface area (Å²) in [5.41, 5.74) is 3.47. The number of nitrogens with one attached hydrogen (secondary N) is 1. The molecule has 3 nitrogen and oxygen atoms in total. The molecule has 0 aliphatic heterocycles. The summed E-state index contributed by atoms with van der Waals surface area (Å²) in [5.74, 6) is 0. The monoisotopic (exact) mass is 203 g/mol. The van der Waals surface area contributed by atoms with Crippen LogP contribution in [0.3, 0.4) is 0 Å². The fourth-order valence-corrected chi connectivity index (χ4v) is 1.99. The molecule has 0 aromatic carbocycles. The van der Waals surface area contributed by atoms with E-state index in [1.165, 1.54) is 18.5 Å². The quantitative estimate of drug-likeness (QED) is 0.833. The highest BCUT2D eigenvalue weighted by Crippen LogP contribution is 2.29. The van der Waals surface area contributed by atoms with Gasteiger partial charge in [-0.05, 0) is 12.5 Å². The highest BCUT2D eigenvalue weighted by atomic mass is 14.9. The summed E-state index contributed by atoms with van der Waals surface area (Å²) in [6.45, 7) is 6.73. The summed E-state index contributed by atoms with van der Waals surface area (Å²) >= 11 is 0. The molecule has 0 amide bonds. The van der Waals surface area contributed by atoms with Crippen molar-refractivity contribution in [2.45, 2.75) is 39.0 Å². The third-order valence-electron chi connectivity index (χ3n) is 2.90. The molecule has 0 unspecified atom stereocenters. The Kier molecular flexibility index (Phi) is 2.47. The molecule has 80 valence electrons. The van der Waals surface area contributed by atoms with E-state index in [1.807, 2.05) is 6.20 Å². The minimum Gasteiger partial charge on any atom is -0.355 e. The lowest BCUT2D eigenvalue weighted by atomic mass is 9.85. The maximum absolute atomic E-state index is 4.23. The van der Waals surface area contributed by atoms with Gasteiger partial charge in [0.25, 0.3) is 0 Å². The lowest BCUT2D eigenvalue weighted by Crippen LogP contribution is -2.16. The van der Waals surface area contributed by atoms with Crippen molar-refractivity contribution < 1.29 is 0 Å². The standard InChI is InChI=1S/C12H17N3/c1-4-5-12(2,3)11-6-9-10(15-11)7-13-8-14-9/h6-8,15H,4-5H2,1-3H3. The molecule has 2 heterocycles. The molecule has 3 heteroatoms. The van der Waals surface area contributed by atoms with Gasteiger partial charge in [0, 0.05) is 11.1 Å². The summed E-state index contributed by atoms with van der Waals surface area (Å²) in [5, 5.41) is 0. The van der Waals surface area contributed by atoms with Crippen molar-refractivity contribution in [1.82, 2.24) is 15.0 Å². The van der Waals surface area contributed by atoms with E-state index in [1.54, 1.807) is 6.33 Å². The fraction of sp³-hybridized carbons (Fsp3) is 0.500. The molecule has 0 saturated heterocycles. The minimum atomic E-state index is 0.190. The van der Waals surface area contributed by atoms with Gasteiger partial charge in [0.15, 0.2) is 0 Å². The summed E-state index contributed by atoms with van der Waals surface area (Å²) in [4.78, 5) is 11.6. The van der Waals surface area contributed by atoms with Gasteiger partial charge < -0.3 is 4.98 Å². The molecule has 0 atom stereocenters. The number of hydrogen-bond acceptors (Lipinski definition) is 2. The Hall–Kier alpha value is -1.38. The maximum atomic E-state index is 4.23. The van der Waals surface area contributed by atoms with Crippen LogP contribution in [0.15, 0.2) is 18.6 Å². The van der Waals surface area contributed by atoms with Gasteiger partial charge in [-0.3, -0.25) is 0 Å². The highest BCUT2D eigenvalue weighted by molar-refractivity contribution is 5.75. The Morgan fingerprint density at radius 1 is 1.40 bits per heavy atom. The highest BCUT2D eigenvalue weighted by Gasteiger charge is 2.21. The van der Waals surface area contributed by atoms with Gasteiger partial charge in [-0.1, -0.05) is 27.2 Å². The van der Waals surface area contributed by atoms with Crippen molar-refractivity contribution in [3.8, 4) is 0 Å². The van der Waals surface area contributed by atoms with E-state index in [0.717, 1.165) is 11.0 Å². The van der Waals surface area contributed by atoms with Gasteiger partial charge in [0.05, 0.1) is 17.2 Å². The summed E-state index contributed by atoms with van der Waals surface area (Å²) < 4.78 is 0. The molecular formula is C12H17N3. The zero-order chi connectivity index (χ0) is 10.9. The van der Waals surface area contributed by atoms with Crippen molar-refractivity contribution >= 4 is 11.0 Å². The molecule has 0 aliphatic rings. The Labute approximate surface area is 90.0 Å². The van der Waals surface area contributed by atoms with E-state index in [0.29, 0.717) is 0 Å². The number of H-pyrrole nitrogens is 1. The lowest BCUT2D eigenvalue weighted by Gasteiger charge is -2.22. The number of rotatable bonds is 3. The van der Waals surface area contributed by atoms with E-state index < -0.39 is 0 Å². The van der Waals surface area contributed by atoms with Gasteiger partial charge in [0.2, 0.25) is 0 Å². The van der Waals surface area contributed by atoms with E-state index in [-0.39, 0.29) is 5.41 Å². The van der Waals surface area contributed by atoms with E-state index >= 15 is 0 Å². The van der Waals surface area contributed by atoms with Crippen LogP contribution in [0.5, 0.6) is 0 Å². The van der Waals surface area contributed by atoms with Gasteiger partial charge in [-0.2, -0.15) is 0 Å². The van der Waals surface area contributed by atoms with Crippen LogP contribution in [0, 0.1) is 0 Å². The van der Waals surface area contributed by atoms with Gasteiger partial charge in [0.1, 0.15) is 6.33 Å². The van der Waals surface area contributed by atoms with Gasteiger partial charge in [-0.15, -0.1) is 0 Å². The largest absolute Gasteiger partial charge is 0.355 e. The number of fused-ring (bicyclic) bond motifs is 1. The molecule has 0 saturated carbocycles. The van der Waals surface area contributed by atoms with Gasteiger partial charge >= 0.3 is 0 Å². The smallest absolute Gasteiger partial charge is 0.116 e. The number of nitrogens with zero attached hydrogens (tertiary/aromatic N) is 2. The van der Waals surface area contributed by atoms with Gasteiger partial charge in [-0.25, -0.2) is 9.97 Å². The fourth-order valence-electron chi connectivity index (χ4n) is 1.99. The molecule has 1 N–H and O–H groups in total. The Balaban J connectivity index is 2.44. The second kappa shape index (κ2) is 3.65. The predicted molar refractivity (Wildman–Crippen MR) is 61.8 cm³/mol. The van der Waals surface area contributed by atoms with Crippen LogP contribution in [0.25, 0.3) is 11.0 Å². The number of hydrogen-bond donors (Lipinski definition) is 1. The van der Waals surface area contributed by atoms with E-state index in [2.05, 4.69) is 41.8 Å². The van der Waals surface area contributed by atoms with Crippen LogP contribution < -0.4 is 0 Å². The molecule has 0 aliphatic carbocycles. The second-order valence-corrected chi connectivity index (χ2v) is 4.64. The SMILES string of the molecule is CCCC(C)(C)c1cc2ncncc2[nH]1. The Morgan fingerprint density at radius 3 is 2.87 bits per heavy atom. The molecule has 0 bridgehead atoms. The number of aromatic nitrogens is 3. The maximum Gasteiger partial charge on any atom is 0.116 e.